The molecule has 0 N–H and O–H groups in total. The van der Waals surface area contributed by atoms with Crippen molar-refractivity contribution in [2.24, 2.45) is 0 Å². The van der Waals surface area contributed by atoms with Crippen LogP contribution in [0.3, 0.4) is 0 Å². The molecule has 1 heterocycles. The van der Waals surface area contributed by atoms with Crippen LogP contribution in [0.1, 0.15) is 11.1 Å². The molecule has 0 aliphatic rings. The Morgan fingerprint density at radius 3 is 2.70 bits per heavy atom. The van der Waals surface area contributed by atoms with Gasteiger partial charge in [-0.05, 0) is 33.1 Å². The predicted molar refractivity (Wildman–Crippen MR) is 82.5 cm³/mol. The maximum atomic E-state index is 14.4. The van der Waals surface area contributed by atoms with E-state index in [1.807, 2.05) is 30.3 Å². The molecule has 0 saturated heterocycles. The minimum atomic E-state index is -0.303. The second-order valence-corrected chi connectivity index (χ2v) is 5.64. The van der Waals surface area contributed by atoms with Crippen LogP contribution in [0.15, 0.2) is 47.2 Å². The zero-order valence-corrected chi connectivity index (χ0v) is 12.8. The monoisotopic (exact) mass is 352 g/mol. The number of imidazole rings is 1. The van der Waals surface area contributed by atoms with E-state index in [2.05, 4.69) is 20.9 Å². The summed E-state index contributed by atoms with van der Waals surface area (Å²) in [6.07, 6.45) is 1.66. The Hall–Kier alpha value is -1.39. The summed E-state index contributed by atoms with van der Waals surface area (Å²) in [7, 11) is 0. The maximum absolute atomic E-state index is 14.4. The Morgan fingerprint density at radius 2 is 2.00 bits per heavy atom. The molecule has 0 atom stereocenters. The summed E-state index contributed by atoms with van der Waals surface area (Å²) in [4.78, 5) is 4.31. The van der Waals surface area contributed by atoms with E-state index in [9.17, 15) is 4.39 Å². The lowest BCUT2D eigenvalue weighted by molar-refractivity contribution is 0.621. The van der Waals surface area contributed by atoms with Crippen LogP contribution in [-0.2, 0) is 12.4 Å². The fraction of sp³-hybridized carbons (Fsp3) is 0.133. The molecule has 5 heteroatoms. The van der Waals surface area contributed by atoms with E-state index in [4.69, 9.17) is 11.6 Å². The standard InChI is InChI=1S/C15H11BrClFN2/c16-12-6-11(7-17)14-15(13(12)18)20(9-19-14)8-10-4-2-1-3-5-10/h1-6,9H,7-8H2. The SMILES string of the molecule is Fc1c(Br)cc(CCl)c2ncn(Cc3ccccc3)c12. The van der Waals surface area contributed by atoms with Crippen molar-refractivity contribution < 1.29 is 4.39 Å². The zero-order chi connectivity index (χ0) is 14.1. The second kappa shape index (κ2) is 5.54. The lowest BCUT2D eigenvalue weighted by Crippen LogP contribution is -2.00. The van der Waals surface area contributed by atoms with Crippen LogP contribution >= 0.6 is 27.5 Å². The molecular formula is C15H11BrClFN2. The van der Waals surface area contributed by atoms with Crippen molar-refractivity contribution in [2.45, 2.75) is 12.4 Å². The molecule has 0 aliphatic carbocycles. The van der Waals surface area contributed by atoms with Gasteiger partial charge in [-0.3, -0.25) is 0 Å². The quantitative estimate of drug-likeness (QED) is 0.623. The Morgan fingerprint density at radius 1 is 1.25 bits per heavy atom. The van der Waals surface area contributed by atoms with Crippen molar-refractivity contribution in [3.05, 3.63) is 64.1 Å². The third kappa shape index (κ3) is 2.34. The van der Waals surface area contributed by atoms with Gasteiger partial charge in [0.2, 0.25) is 0 Å². The average Bonchev–Trinajstić information content (AvgIpc) is 2.88. The third-order valence-corrected chi connectivity index (χ3v) is 4.07. The summed E-state index contributed by atoms with van der Waals surface area (Å²) in [5.74, 6) is -0.000124. The number of hydrogen-bond donors (Lipinski definition) is 0. The first kappa shape index (κ1) is 13.6. The molecule has 102 valence electrons. The van der Waals surface area contributed by atoms with Crippen molar-refractivity contribution in [3.8, 4) is 0 Å². The van der Waals surface area contributed by atoms with Crippen LogP contribution < -0.4 is 0 Å². The van der Waals surface area contributed by atoms with Gasteiger partial charge < -0.3 is 4.57 Å². The van der Waals surface area contributed by atoms with Crippen molar-refractivity contribution in [1.29, 1.82) is 0 Å². The molecule has 0 unspecified atom stereocenters. The lowest BCUT2D eigenvalue weighted by atomic mass is 10.2. The first-order valence-electron chi connectivity index (χ1n) is 6.12. The molecule has 1 aromatic heterocycles. The summed E-state index contributed by atoms with van der Waals surface area (Å²) < 4.78 is 16.6. The number of alkyl halides is 1. The van der Waals surface area contributed by atoms with Crippen LogP contribution in [0.4, 0.5) is 4.39 Å². The molecule has 0 spiro atoms. The molecule has 0 saturated carbocycles. The summed E-state index contributed by atoms with van der Waals surface area (Å²) in [6.45, 7) is 0.576. The second-order valence-electron chi connectivity index (χ2n) is 4.52. The van der Waals surface area contributed by atoms with Gasteiger partial charge in [-0.25, -0.2) is 9.37 Å². The largest absolute Gasteiger partial charge is 0.324 e. The Balaban J connectivity index is 2.15. The van der Waals surface area contributed by atoms with Gasteiger partial charge in [-0.2, -0.15) is 0 Å². The molecular weight excluding hydrogens is 343 g/mol. The van der Waals surface area contributed by atoms with Gasteiger partial charge in [0.05, 0.1) is 16.3 Å². The van der Waals surface area contributed by atoms with Crippen molar-refractivity contribution >= 4 is 38.6 Å². The normalized spacial score (nSPS) is 11.2. The van der Waals surface area contributed by atoms with Crippen LogP contribution in [0.5, 0.6) is 0 Å². The number of rotatable bonds is 3. The molecule has 0 bridgehead atoms. The van der Waals surface area contributed by atoms with Gasteiger partial charge in [-0.15, -0.1) is 11.6 Å². The molecule has 3 aromatic rings. The molecule has 2 nitrogen and oxygen atoms in total. The molecule has 0 aliphatic heterocycles. The van der Waals surface area contributed by atoms with Gasteiger partial charge in [0.15, 0.2) is 5.82 Å². The smallest absolute Gasteiger partial charge is 0.163 e. The maximum Gasteiger partial charge on any atom is 0.163 e. The Bertz CT molecular complexity index is 755. The predicted octanol–water partition coefficient (Wildman–Crippen LogP) is 4.73. The summed E-state index contributed by atoms with van der Waals surface area (Å²) >= 11 is 9.14. The number of nitrogens with zero attached hydrogens (tertiary/aromatic N) is 2. The third-order valence-electron chi connectivity index (χ3n) is 3.20. The van der Waals surface area contributed by atoms with Crippen LogP contribution in [0.25, 0.3) is 11.0 Å². The summed E-state index contributed by atoms with van der Waals surface area (Å²) in [5, 5.41) is 0. The first-order valence-corrected chi connectivity index (χ1v) is 7.45. The fourth-order valence-electron chi connectivity index (χ4n) is 2.25. The van der Waals surface area contributed by atoms with E-state index < -0.39 is 0 Å². The van der Waals surface area contributed by atoms with Crippen molar-refractivity contribution in [2.75, 3.05) is 0 Å². The average molecular weight is 354 g/mol. The van der Waals surface area contributed by atoms with E-state index in [-0.39, 0.29) is 5.82 Å². The van der Waals surface area contributed by atoms with Crippen LogP contribution in [-0.4, -0.2) is 9.55 Å². The molecule has 0 fully saturated rings. The highest BCUT2D eigenvalue weighted by molar-refractivity contribution is 9.10. The molecule has 3 rings (SSSR count). The summed E-state index contributed by atoms with van der Waals surface area (Å²) in [6, 6.07) is 11.6. The van der Waals surface area contributed by atoms with Gasteiger partial charge in [-0.1, -0.05) is 30.3 Å². The number of hydrogen-bond acceptors (Lipinski definition) is 1. The number of fused-ring (bicyclic) bond motifs is 1. The zero-order valence-electron chi connectivity index (χ0n) is 10.5. The van der Waals surface area contributed by atoms with Crippen molar-refractivity contribution in [3.63, 3.8) is 0 Å². The fourth-order valence-corrected chi connectivity index (χ4v) is 2.91. The molecule has 20 heavy (non-hydrogen) atoms. The number of benzene rings is 2. The highest BCUT2D eigenvalue weighted by Crippen LogP contribution is 2.29. The van der Waals surface area contributed by atoms with Gasteiger partial charge in [0.25, 0.3) is 0 Å². The minimum absolute atomic E-state index is 0.303. The lowest BCUT2D eigenvalue weighted by Gasteiger charge is -2.07. The van der Waals surface area contributed by atoms with Gasteiger partial charge in [0, 0.05) is 12.4 Å². The summed E-state index contributed by atoms with van der Waals surface area (Å²) in [5.41, 5.74) is 3.02. The van der Waals surface area contributed by atoms with E-state index in [1.165, 1.54) is 0 Å². The van der Waals surface area contributed by atoms with Gasteiger partial charge >= 0.3 is 0 Å². The number of aromatic nitrogens is 2. The minimum Gasteiger partial charge on any atom is -0.324 e. The van der Waals surface area contributed by atoms with Gasteiger partial charge in [0.1, 0.15) is 5.52 Å². The van der Waals surface area contributed by atoms with E-state index in [0.29, 0.717) is 27.9 Å². The highest BCUT2D eigenvalue weighted by Gasteiger charge is 2.15. The topological polar surface area (TPSA) is 17.8 Å². The van der Waals surface area contributed by atoms with Crippen LogP contribution in [0.2, 0.25) is 0 Å². The van der Waals surface area contributed by atoms with Crippen molar-refractivity contribution in [1.82, 2.24) is 9.55 Å². The van der Waals surface area contributed by atoms with E-state index in [0.717, 1.165) is 11.1 Å². The number of halogens is 3. The van der Waals surface area contributed by atoms with E-state index in [1.54, 1.807) is 17.0 Å². The molecule has 0 amide bonds. The highest BCUT2D eigenvalue weighted by atomic mass is 79.9. The first-order chi connectivity index (χ1) is 9.70. The van der Waals surface area contributed by atoms with Crippen LogP contribution in [0, 0.1) is 5.82 Å². The Kier molecular flexibility index (Phi) is 3.76. The molecule has 2 aromatic carbocycles. The Labute approximate surface area is 129 Å². The van der Waals surface area contributed by atoms with E-state index >= 15 is 0 Å². The molecule has 0 radical (unpaired) electrons.